The molecule has 4 nitrogen and oxygen atoms in total. The van der Waals surface area contributed by atoms with Crippen molar-refractivity contribution in [1.29, 1.82) is 0 Å². The van der Waals surface area contributed by atoms with E-state index < -0.39 is 0 Å². The summed E-state index contributed by atoms with van der Waals surface area (Å²) < 4.78 is 5.38. The zero-order chi connectivity index (χ0) is 13.5. The van der Waals surface area contributed by atoms with Crippen molar-refractivity contribution < 1.29 is 4.42 Å². The van der Waals surface area contributed by atoms with Crippen LogP contribution < -0.4 is 5.32 Å². The van der Waals surface area contributed by atoms with E-state index in [-0.39, 0.29) is 0 Å². The van der Waals surface area contributed by atoms with Crippen LogP contribution in [0, 0.1) is 0 Å². The highest BCUT2D eigenvalue weighted by molar-refractivity contribution is 7.80. The number of nitrogens with zero attached hydrogens (tertiary/aromatic N) is 2. The maximum Gasteiger partial charge on any atom is 0.169 e. The second kappa shape index (κ2) is 6.89. The Kier molecular flexibility index (Phi) is 4.92. The molecule has 2 aromatic heterocycles. The number of thiocarbonyl (C=S) groups is 1. The van der Waals surface area contributed by atoms with Gasteiger partial charge >= 0.3 is 0 Å². The predicted molar refractivity (Wildman–Crippen MR) is 78.5 cm³/mol. The zero-order valence-corrected chi connectivity index (χ0v) is 11.7. The number of hydrogen-bond acceptors (Lipinski definition) is 3. The van der Waals surface area contributed by atoms with Crippen molar-refractivity contribution in [3.63, 3.8) is 0 Å². The van der Waals surface area contributed by atoms with Gasteiger partial charge in [0.15, 0.2) is 5.11 Å². The first kappa shape index (κ1) is 13.5. The Bertz CT molecular complexity index is 499. The SMILES string of the molecule is CCNC(=S)N(Cc1ccccn1)Cc1ccco1. The van der Waals surface area contributed by atoms with Crippen molar-refractivity contribution in [1.82, 2.24) is 15.2 Å². The first-order valence-electron chi connectivity index (χ1n) is 6.24. The molecule has 0 aliphatic rings. The summed E-state index contributed by atoms with van der Waals surface area (Å²) in [5.41, 5.74) is 0.981. The van der Waals surface area contributed by atoms with Crippen LogP contribution in [0.5, 0.6) is 0 Å². The molecule has 19 heavy (non-hydrogen) atoms. The van der Waals surface area contributed by atoms with Crippen LogP contribution in [-0.2, 0) is 13.1 Å². The summed E-state index contributed by atoms with van der Waals surface area (Å²) in [6, 6.07) is 9.70. The third-order valence-corrected chi connectivity index (χ3v) is 3.02. The van der Waals surface area contributed by atoms with Crippen LogP contribution >= 0.6 is 12.2 Å². The molecular weight excluding hydrogens is 258 g/mol. The van der Waals surface area contributed by atoms with E-state index in [1.165, 1.54) is 0 Å². The summed E-state index contributed by atoms with van der Waals surface area (Å²) in [6.45, 7) is 4.12. The van der Waals surface area contributed by atoms with Gasteiger partial charge in [-0.15, -0.1) is 0 Å². The number of aromatic nitrogens is 1. The zero-order valence-electron chi connectivity index (χ0n) is 10.9. The van der Waals surface area contributed by atoms with Crippen LogP contribution in [0.1, 0.15) is 18.4 Å². The quantitative estimate of drug-likeness (QED) is 0.849. The molecule has 0 aliphatic carbocycles. The van der Waals surface area contributed by atoms with Crippen LogP contribution in [0.2, 0.25) is 0 Å². The molecule has 2 rings (SSSR count). The average molecular weight is 275 g/mol. The molecule has 0 fully saturated rings. The maximum atomic E-state index is 5.39. The number of hydrogen-bond donors (Lipinski definition) is 1. The molecule has 0 radical (unpaired) electrons. The molecule has 0 aliphatic heterocycles. The lowest BCUT2D eigenvalue weighted by atomic mass is 10.3. The third-order valence-electron chi connectivity index (χ3n) is 2.62. The molecule has 2 heterocycles. The number of nitrogens with one attached hydrogen (secondary N) is 1. The summed E-state index contributed by atoms with van der Waals surface area (Å²) in [7, 11) is 0. The molecule has 0 unspecified atom stereocenters. The average Bonchev–Trinajstić information content (AvgIpc) is 2.92. The Labute approximate surface area is 118 Å². The van der Waals surface area contributed by atoms with Crippen molar-refractivity contribution in [2.45, 2.75) is 20.0 Å². The second-order valence-electron chi connectivity index (χ2n) is 4.09. The van der Waals surface area contributed by atoms with Gasteiger partial charge in [-0.1, -0.05) is 6.07 Å². The molecule has 0 atom stereocenters. The molecule has 0 bridgehead atoms. The summed E-state index contributed by atoms with van der Waals surface area (Å²) >= 11 is 5.39. The largest absolute Gasteiger partial charge is 0.467 e. The minimum absolute atomic E-state index is 0.634. The minimum atomic E-state index is 0.634. The minimum Gasteiger partial charge on any atom is -0.467 e. The van der Waals surface area contributed by atoms with Gasteiger partial charge in [0, 0.05) is 12.7 Å². The van der Waals surface area contributed by atoms with E-state index in [0.29, 0.717) is 18.2 Å². The number of rotatable bonds is 5. The van der Waals surface area contributed by atoms with Gasteiger partial charge in [0.05, 0.1) is 25.0 Å². The lowest BCUT2D eigenvalue weighted by Crippen LogP contribution is -2.38. The van der Waals surface area contributed by atoms with Gasteiger partial charge in [0.25, 0.3) is 0 Å². The molecule has 0 amide bonds. The highest BCUT2D eigenvalue weighted by Crippen LogP contribution is 2.09. The van der Waals surface area contributed by atoms with Crippen molar-refractivity contribution >= 4 is 17.3 Å². The van der Waals surface area contributed by atoms with Crippen molar-refractivity contribution in [2.24, 2.45) is 0 Å². The Morgan fingerprint density at radius 1 is 1.32 bits per heavy atom. The first-order valence-corrected chi connectivity index (χ1v) is 6.65. The highest BCUT2D eigenvalue weighted by atomic mass is 32.1. The molecule has 100 valence electrons. The smallest absolute Gasteiger partial charge is 0.169 e. The molecule has 0 saturated heterocycles. The Morgan fingerprint density at radius 2 is 2.21 bits per heavy atom. The van der Waals surface area contributed by atoms with Crippen LogP contribution in [0.3, 0.4) is 0 Å². The van der Waals surface area contributed by atoms with Gasteiger partial charge in [-0.3, -0.25) is 4.98 Å². The highest BCUT2D eigenvalue weighted by Gasteiger charge is 2.12. The van der Waals surface area contributed by atoms with E-state index in [1.807, 2.05) is 42.2 Å². The summed E-state index contributed by atoms with van der Waals surface area (Å²) in [6.07, 6.45) is 3.46. The Hall–Kier alpha value is -1.88. The molecule has 0 saturated carbocycles. The fourth-order valence-electron chi connectivity index (χ4n) is 1.74. The van der Waals surface area contributed by atoms with Gasteiger partial charge in [-0.2, -0.15) is 0 Å². The van der Waals surface area contributed by atoms with E-state index in [0.717, 1.165) is 18.0 Å². The molecular formula is C14H17N3OS. The normalized spacial score (nSPS) is 10.2. The predicted octanol–water partition coefficient (Wildman–Crippen LogP) is 2.57. The second-order valence-corrected chi connectivity index (χ2v) is 4.48. The lowest BCUT2D eigenvalue weighted by Gasteiger charge is -2.24. The van der Waals surface area contributed by atoms with Crippen LogP contribution in [0.4, 0.5) is 0 Å². The van der Waals surface area contributed by atoms with Crippen molar-refractivity contribution in [3.05, 3.63) is 54.2 Å². The fourth-order valence-corrected chi connectivity index (χ4v) is 2.01. The van der Waals surface area contributed by atoms with E-state index in [9.17, 15) is 0 Å². The van der Waals surface area contributed by atoms with Gasteiger partial charge in [-0.25, -0.2) is 0 Å². The van der Waals surface area contributed by atoms with E-state index in [4.69, 9.17) is 16.6 Å². The molecule has 1 N–H and O–H groups in total. The lowest BCUT2D eigenvalue weighted by molar-refractivity contribution is 0.349. The van der Waals surface area contributed by atoms with Gasteiger partial charge in [-0.05, 0) is 43.4 Å². The first-order chi connectivity index (χ1) is 9.29. The third kappa shape index (κ3) is 4.06. The Balaban J connectivity index is 2.07. The monoisotopic (exact) mass is 275 g/mol. The Morgan fingerprint density at radius 3 is 2.84 bits per heavy atom. The van der Waals surface area contributed by atoms with Crippen LogP contribution in [0.15, 0.2) is 47.2 Å². The van der Waals surface area contributed by atoms with E-state index in [1.54, 1.807) is 12.5 Å². The van der Waals surface area contributed by atoms with Crippen LogP contribution in [-0.4, -0.2) is 21.5 Å². The van der Waals surface area contributed by atoms with Crippen molar-refractivity contribution in [2.75, 3.05) is 6.54 Å². The number of pyridine rings is 1. The molecule has 2 aromatic rings. The van der Waals surface area contributed by atoms with Crippen molar-refractivity contribution in [3.8, 4) is 0 Å². The summed E-state index contributed by atoms with van der Waals surface area (Å²) in [5.74, 6) is 0.885. The molecule has 0 spiro atoms. The van der Waals surface area contributed by atoms with Gasteiger partial charge in [0.1, 0.15) is 5.76 Å². The molecule has 0 aromatic carbocycles. The summed E-state index contributed by atoms with van der Waals surface area (Å²) in [4.78, 5) is 6.37. The van der Waals surface area contributed by atoms with Crippen LogP contribution in [0.25, 0.3) is 0 Å². The van der Waals surface area contributed by atoms with E-state index >= 15 is 0 Å². The fraction of sp³-hybridized carbons (Fsp3) is 0.286. The topological polar surface area (TPSA) is 41.3 Å². The van der Waals surface area contributed by atoms with Gasteiger partial charge < -0.3 is 14.6 Å². The molecule has 5 heteroatoms. The maximum absolute atomic E-state index is 5.39. The summed E-state index contributed by atoms with van der Waals surface area (Å²) in [5, 5.41) is 3.88. The van der Waals surface area contributed by atoms with Gasteiger partial charge in [0.2, 0.25) is 0 Å². The standard InChI is InChI=1S/C14H17N3OS/c1-2-15-14(19)17(11-13-7-5-9-18-13)10-12-6-3-4-8-16-12/h3-9H,2,10-11H2,1H3,(H,15,19). The van der Waals surface area contributed by atoms with E-state index in [2.05, 4.69) is 10.3 Å². The number of furan rings is 1.